The number of hydrogen-bond donors (Lipinski definition) is 1. The predicted molar refractivity (Wildman–Crippen MR) is 46.0 cm³/mol. The minimum absolute atomic E-state index is 0.0718. The van der Waals surface area contributed by atoms with Gasteiger partial charge in [-0.15, -0.1) is 0 Å². The highest BCUT2D eigenvalue weighted by atomic mass is 16.2. The SMILES string of the molecule is CC(=O)C(C(C)=O)[C@@H]1CCC(=O)N1. The summed E-state index contributed by atoms with van der Waals surface area (Å²) >= 11 is 0. The van der Waals surface area contributed by atoms with E-state index >= 15 is 0 Å². The Labute approximate surface area is 76.7 Å². The van der Waals surface area contributed by atoms with Crippen molar-refractivity contribution < 1.29 is 14.4 Å². The van der Waals surface area contributed by atoms with Crippen LogP contribution in [0.5, 0.6) is 0 Å². The molecular weight excluding hydrogens is 170 g/mol. The van der Waals surface area contributed by atoms with Gasteiger partial charge in [0.2, 0.25) is 5.91 Å². The zero-order chi connectivity index (χ0) is 10.0. The fraction of sp³-hybridized carbons (Fsp3) is 0.667. The fourth-order valence-electron chi connectivity index (χ4n) is 1.74. The van der Waals surface area contributed by atoms with E-state index in [1.165, 1.54) is 13.8 Å². The first-order chi connectivity index (χ1) is 6.02. The van der Waals surface area contributed by atoms with Gasteiger partial charge in [-0.1, -0.05) is 0 Å². The molecule has 1 rings (SSSR count). The standard InChI is InChI=1S/C9H13NO3/c1-5(11)9(6(2)12)7-3-4-8(13)10-7/h7,9H,3-4H2,1-2H3,(H,10,13)/t7-/m0/s1. The number of rotatable bonds is 3. The normalized spacial score (nSPS) is 21.8. The number of nitrogens with one attached hydrogen (secondary N) is 1. The minimum atomic E-state index is -0.647. The molecule has 0 unspecified atom stereocenters. The largest absolute Gasteiger partial charge is 0.352 e. The van der Waals surface area contributed by atoms with Crippen molar-refractivity contribution in [2.75, 3.05) is 0 Å². The van der Waals surface area contributed by atoms with Crippen molar-refractivity contribution in [2.24, 2.45) is 5.92 Å². The van der Waals surface area contributed by atoms with Crippen molar-refractivity contribution in [1.82, 2.24) is 5.32 Å². The number of ketones is 2. The smallest absolute Gasteiger partial charge is 0.220 e. The van der Waals surface area contributed by atoms with Gasteiger partial charge in [0.15, 0.2) is 0 Å². The third-order valence-corrected chi connectivity index (χ3v) is 2.31. The van der Waals surface area contributed by atoms with Crippen LogP contribution in [0.2, 0.25) is 0 Å². The van der Waals surface area contributed by atoms with Crippen LogP contribution in [0.4, 0.5) is 0 Å². The van der Waals surface area contributed by atoms with E-state index in [0.29, 0.717) is 12.8 Å². The number of Topliss-reactive ketones (excluding diaryl/α,β-unsaturated/α-hetero) is 2. The lowest BCUT2D eigenvalue weighted by atomic mass is 9.91. The quantitative estimate of drug-likeness (QED) is 0.629. The molecule has 1 aliphatic heterocycles. The van der Waals surface area contributed by atoms with Crippen molar-refractivity contribution in [3.8, 4) is 0 Å². The molecule has 0 spiro atoms. The van der Waals surface area contributed by atoms with Gasteiger partial charge in [-0.2, -0.15) is 0 Å². The lowest BCUT2D eigenvalue weighted by Crippen LogP contribution is -2.40. The molecule has 1 amide bonds. The summed E-state index contributed by atoms with van der Waals surface area (Å²) in [6.07, 6.45) is 1.00. The minimum Gasteiger partial charge on any atom is -0.352 e. The molecule has 1 heterocycles. The summed E-state index contributed by atoms with van der Waals surface area (Å²) in [5.74, 6) is -1.05. The van der Waals surface area contributed by atoms with E-state index in [1.54, 1.807) is 0 Å². The molecule has 0 radical (unpaired) electrons. The van der Waals surface area contributed by atoms with Gasteiger partial charge in [0.05, 0.1) is 5.92 Å². The van der Waals surface area contributed by atoms with Gasteiger partial charge in [-0.05, 0) is 20.3 Å². The number of carbonyl (C=O) groups is 3. The summed E-state index contributed by atoms with van der Waals surface area (Å²) in [4.78, 5) is 33.1. The molecule has 0 bridgehead atoms. The Hall–Kier alpha value is -1.19. The van der Waals surface area contributed by atoms with Crippen molar-refractivity contribution >= 4 is 17.5 Å². The van der Waals surface area contributed by atoms with Crippen LogP contribution in [0.3, 0.4) is 0 Å². The van der Waals surface area contributed by atoms with Crippen molar-refractivity contribution in [2.45, 2.75) is 32.7 Å². The Kier molecular flexibility index (Phi) is 2.80. The van der Waals surface area contributed by atoms with Crippen molar-refractivity contribution in [3.05, 3.63) is 0 Å². The van der Waals surface area contributed by atoms with Gasteiger partial charge < -0.3 is 5.32 Å². The topological polar surface area (TPSA) is 63.2 Å². The van der Waals surface area contributed by atoms with Crippen LogP contribution in [0, 0.1) is 5.92 Å². The van der Waals surface area contributed by atoms with E-state index in [9.17, 15) is 14.4 Å². The molecule has 0 aromatic heterocycles. The molecule has 4 nitrogen and oxygen atoms in total. The maximum atomic E-state index is 11.1. The molecule has 0 aliphatic carbocycles. The number of amides is 1. The van der Waals surface area contributed by atoms with Gasteiger partial charge >= 0.3 is 0 Å². The zero-order valence-corrected chi connectivity index (χ0v) is 7.79. The van der Waals surface area contributed by atoms with Crippen LogP contribution in [-0.2, 0) is 14.4 Å². The van der Waals surface area contributed by atoms with Gasteiger partial charge in [-0.3, -0.25) is 14.4 Å². The maximum Gasteiger partial charge on any atom is 0.220 e. The molecular formula is C9H13NO3. The molecule has 1 fully saturated rings. The third-order valence-electron chi connectivity index (χ3n) is 2.31. The van der Waals surface area contributed by atoms with E-state index in [0.717, 1.165) is 0 Å². The van der Waals surface area contributed by atoms with E-state index in [1.807, 2.05) is 0 Å². The summed E-state index contributed by atoms with van der Waals surface area (Å²) in [6.45, 7) is 2.77. The lowest BCUT2D eigenvalue weighted by Gasteiger charge is -2.17. The van der Waals surface area contributed by atoms with E-state index in [-0.39, 0.29) is 23.5 Å². The first-order valence-electron chi connectivity index (χ1n) is 4.32. The second-order valence-corrected chi connectivity index (χ2v) is 3.41. The molecule has 0 saturated carbocycles. The van der Waals surface area contributed by atoms with Gasteiger partial charge in [0, 0.05) is 12.5 Å². The highest BCUT2D eigenvalue weighted by Crippen LogP contribution is 2.17. The zero-order valence-electron chi connectivity index (χ0n) is 7.79. The number of carbonyl (C=O) groups excluding carboxylic acids is 3. The molecule has 4 heteroatoms. The van der Waals surface area contributed by atoms with Crippen LogP contribution in [0.15, 0.2) is 0 Å². The predicted octanol–water partition coefficient (Wildman–Crippen LogP) is 0.0592. The monoisotopic (exact) mass is 183 g/mol. The average Bonchev–Trinajstić information content (AvgIpc) is 2.34. The molecule has 13 heavy (non-hydrogen) atoms. The van der Waals surface area contributed by atoms with Gasteiger partial charge in [-0.25, -0.2) is 0 Å². The van der Waals surface area contributed by atoms with Crippen LogP contribution < -0.4 is 5.32 Å². The number of hydrogen-bond acceptors (Lipinski definition) is 3. The molecule has 1 aliphatic rings. The molecule has 1 atom stereocenters. The molecule has 72 valence electrons. The van der Waals surface area contributed by atoms with Crippen molar-refractivity contribution in [3.63, 3.8) is 0 Å². The average molecular weight is 183 g/mol. The van der Waals surface area contributed by atoms with Crippen LogP contribution >= 0.6 is 0 Å². The molecule has 0 aromatic rings. The first-order valence-corrected chi connectivity index (χ1v) is 4.32. The van der Waals surface area contributed by atoms with Crippen LogP contribution in [0.1, 0.15) is 26.7 Å². The summed E-state index contributed by atoms with van der Waals surface area (Å²) in [5.41, 5.74) is 0. The summed E-state index contributed by atoms with van der Waals surface area (Å²) < 4.78 is 0. The maximum absolute atomic E-state index is 11.1. The van der Waals surface area contributed by atoms with Gasteiger partial charge in [0.25, 0.3) is 0 Å². The second-order valence-electron chi connectivity index (χ2n) is 3.41. The fourth-order valence-corrected chi connectivity index (χ4v) is 1.74. The third kappa shape index (κ3) is 2.14. The van der Waals surface area contributed by atoms with Crippen molar-refractivity contribution in [1.29, 1.82) is 0 Å². The van der Waals surface area contributed by atoms with E-state index < -0.39 is 5.92 Å². The summed E-state index contributed by atoms with van der Waals surface area (Å²) in [6, 6.07) is -0.275. The highest BCUT2D eigenvalue weighted by molar-refractivity contribution is 6.01. The lowest BCUT2D eigenvalue weighted by molar-refractivity contribution is -0.131. The summed E-state index contributed by atoms with van der Waals surface area (Å²) in [5, 5.41) is 2.64. The Morgan fingerprint density at radius 2 is 1.92 bits per heavy atom. The summed E-state index contributed by atoms with van der Waals surface area (Å²) in [7, 11) is 0. The molecule has 0 aromatic carbocycles. The second kappa shape index (κ2) is 3.68. The molecule has 1 N–H and O–H groups in total. The first kappa shape index (κ1) is 9.89. The van der Waals surface area contributed by atoms with Crippen LogP contribution in [-0.4, -0.2) is 23.5 Å². The Morgan fingerprint density at radius 3 is 2.23 bits per heavy atom. The van der Waals surface area contributed by atoms with Gasteiger partial charge in [0.1, 0.15) is 11.6 Å². The van der Waals surface area contributed by atoms with E-state index in [2.05, 4.69) is 5.32 Å². The van der Waals surface area contributed by atoms with Crippen LogP contribution in [0.25, 0.3) is 0 Å². The Morgan fingerprint density at radius 1 is 1.38 bits per heavy atom. The van der Waals surface area contributed by atoms with E-state index in [4.69, 9.17) is 0 Å². The Bertz CT molecular complexity index is 246. The molecule has 1 saturated heterocycles. The Balaban J connectivity index is 2.71. The highest BCUT2D eigenvalue weighted by Gasteiger charge is 2.34.